The summed E-state index contributed by atoms with van der Waals surface area (Å²) in [6, 6.07) is 0. The standard InChI is InChI=1S/C5H5.C3H8N.Hf/c1-2-4-5-3-1;1-3-4-2;/h1-3H,4H2;3H2,1-2H3;/q;-1;+1. The molecule has 0 radical (unpaired) electrons. The fraction of sp³-hybridized carbons (Fsp3) is 0.500. The quantitative estimate of drug-likeness (QED) is 0.718. The van der Waals surface area contributed by atoms with Gasteiger partial charge in [0.25, 0.3) is 0 Å². The normalized spacial score (nSPS) is 16.1. The van der Waals surface area contributed by atoms with Gasteiger partial charge in [0, 0.05) is 0 Å². The molecule has 0 aromatic rings. The molecule has 0 saturated heterocycles. The molecular formula is C8H13HfN. The zero-order valence-corrected chi connectivity index (χ0v) is 10.2. The van der Waals surface area contributed by atoms with Crippen molar-refractivity contribution in [3.8, 4) is 0 Å². The Morgan fingerprint density at radius 1 is 1.70 bits per heavy atom. The maximum atomic E-state index is 2.51. The monoisotopic (exact) mass is 303 g/mol. The van der Waals surface area contributed by atoms with Crippen molar-refractivity contribution in [2.24, 2.45) is 0 Å². The molecule has 0 atom stereocenters. The van der Waals surface area contributed by atoms with Crippen LogP contribution >= 0.6 is 0 Å². The third-order valence-electron chi connectivity index (χ3n) is 1.58. The first kappa shape index (κ1) is 8.41. The topological polar surface area (TPSA) is 3.24 Å². The van der Waals surface area contributed by atoms with Gasteiger partial charge in [-0.05, 0) is 0 Å². The summed E-state index contributed by atoms with van der Waals surface area (Å²) in [6.07, 6.45) is 7.99. The summed E-state index contributed by atoms with van der Waals surface area (Å²) in [4.78, 5) is 0. The molecule has 0 spiro atoms. The molecule has 0 amide bonds. The molecule has 0 bridgehead atoms. The van der Waals surface area contributed by atoms with Gasteiger partial charge < -0.3 is 0 Å². The fourth-order valence-corrected chi connectivity index (χ4v) is 4.55. The molecule has 0 unspecified atom stereocenters. The molecule has 0 aromatic heterocycles. The minimum absolute atomic E-state index is 0.530. The Kier molecular flexibility index (Phi) is 3.57. The molecule has 2 heteroatoms. The van der Waals surface area contributed by atoms with Gasteiger partial charge in [0.2, 0.25) is 0 Å². The molecule has 0 aliphatic heterocycles. The predicted molar refractivity (Wildman–Crippen MR) is 40.1 cm³/mol. The van der Waals surface area contributed by atoms with E-state index in [4.69, 9.17) is 0 Å². The summed E-state index contributed by atoms with van der Waals surface area (Å²) >= 11 is -0.530. The van der Waals surface area contributed by atoms with Gasteiger partial charge in [-0.1, -0.05) is 0 Å². The second-order valence-electron chi connectivity index (χ2n) is 2.45. The number of nitrogens with zero attached hydrogens (tertiary/aromatic N) is 1. The maximum absolute atomic E-state index is 2.51. The first-order valence-electron chi connectivity index (χ1n) is 3.66. The Labute approximate surface area is 74.5 Å². The van der Waals surface area contributed by atoms with Gasteiger partial charge in [0.05, 0.1) is 0 Å². The van der Waals surface area contributed by atoms with E-state index in [1.54, 1.807) is 3.33 Å². The SMILES string of the molecule is CC[N](C)[Hf][C]1=CC=CC1. The van der Waals surface area contributed by atoms with E-state index in [1.165, 1.54) is 13.0 Å². The van der Waals surface area contributed by atoms with E-state index in [9.17, 15) is 0 Å². The van der Waals surface area contributed by atoms with Gasteiger partial charge in [0.15, 0.2) is 0 Å². The van der Waals surface area contributed by atoms with E-state index in [1.807, 2.05) is 0 Å². The van der Waals surface area contributed by atoms with E-state index in [0.717, 1.165) is 0 Å². The summed E-state index contributed by atoms with van der Waals surface area (Å²) in [7, 11) is 2.24. The van der Waals surface area contributed by atoms with Crippen LogP contribution in [0.5, 0.6) is 0 Å². The van der Waals surface area contributed by atoms with E-state index in [2.05, 4.69) is 35.1 Å². The van der Waals surface area contributed by atoms with E-state index >= 15 is 0 Å². The van der Waals surface area contributed by atoms with Gasteiger partial charge in [0.1, 0.15) is 0 Å². The molecule has 1 aliphatic rings. The Morgan fingerprint density at radius 3 is 3.00 bits per heavy atom. The Hall–Kier alpha value is 0.310. The van der Waals surface area contributed by atoms with Gasteiger partial charge in [-0.15, -0.1) is 0 Å². The molecule has 54 valence electrons. The van der Waals surface area contributed by atoms with Gasteiger partial charge >= 0.3 is 74.6 Å². The minimum atomic E-state index is -0.530. The molecule has 1 nitrogen and oxygen atoms in total. The average molecular weight is 302 g/mol. The van der Waals surface area contributed by atoms with Crippen LogP contribution in [0.1, 0.15) is 13.3 Å². The third kappa shape index (κ3) is 2.51. The van der Waals surface area contributed by atoms with Gasteiger partial charge in [-0.3, -0.25) is 0 Å². The molecule has 0 fully saturated rings. The summed E-state index contributed by atoms with van der Waals surface area (Å²) in [5.41, 5.74) is 0. The Balaban J connectivity index is 2.26. The van der Waals surface area contributed by atoms with Crippen LogP contribution in [-0.2, 0) is 23.2 Å². The van der Waals surface area contributed by atoms with Crippen LogP contribution in [0.25, 0.3) is 0 Å². The van der Waals surface area contributed by atoms with Crippen LogP contribution < -0.4 is 0 Å². The summed E-state index contributed by atoms with van der Waals surface area (Å²) in [5.74, 6) is 0. The molecular weight excluding hydrogens is 289 g/mol. The molecule has 10 heavy (non-hydrogen) atoms. The van der Waals surface area contributed by atoms with Gasteiger partial charge in [-0.25, -0.2) is 0 Å². The second kappa shape index (κ2) is 4.24. The zero-order chi connectivity index (χ0) is 7.40. The molecule has 0 aromatic carbocycles. The molecule has 0 heterocycles. The van der Waals surface area contributed by atoms with Crippen molar-refractivity contribution in [3.05, 3.63) is 21.6 Å². The number of hydrogen-bond acceptors (Lipinski definition) is 1. The van der Waals surface area contributed by atoms with Crippen molar-refractivity contribution in [3.63, 3.8) is 0 Å². The summed E-state index contributed by atoms with van der Waals surface area (Å²) in [6.45, 7) is 3.45. The zero-order valence-electron chi connectivity index (χ0n) is 6.59. The van der Waals surface area contributed by atoms with Crippen LogP contribution in [-0.4, -0.2) is 16.5 Å². The van der Waals surface area contributed by atoms with Crippen LogP contribution in [0.2, 0.25) is 0 Å². The molecule has 1 rings (SSSR count). The van der Waals surface area contributed by atoms with Crippen LogP contribution in [0.4, 0.5) is 0 Å². The molecule has 0 N–H and O–H groups in total. The van der Waals surface area contributed by atoms with Crippen molar-refractivity contribution in [1.82, 2.24) is 2.89 Å². The number of rotatable bonds is 3. The Morgan fingerprint density at radius 2 is 2.50 bits per heavy atom. The summed E-state index contributed by atoms with van der Waals surface area (Å²) < 4.78 is 4.24. The van der Waals surface area contributed by atoms with Crippen LogP contribution in [0, 0.1) is 0 Å². The molecule has 1 aliphatic carbocycles. The average Bonchev–Trinajstić information content (AvgIpc) is 2.40. The fourth-order valence-electron chi connectivity index (χ4n) is 0.854. The number of hydrogen-bond donors (Lipinski definition) is 0. The summed E-state index contributed by atoms with van der Waals surface area (Å²) in [5, 5.41) is 0. The van der Waals surface area contributed by atoms with Crippen LogP contribution in [0.15, 0.2) is 21.6 Å². The Bertz CT molecular complexity index is 161. The second-order valence-corrected chi connectivity index (χ2v) is 8.30. The first-order valence-corrected chi connectivity index (χ1v) is 7.06. The van der Waals surface area contributed by atoms with Crippen molar-refractivity contribution in [1.29, 1.82) is 0 Å². The van der Waals surface area contributed by atoms with E-state index in [-0.39, 0.29) is 0 Å². The molecule has 0 saturated carbocycles. The van der Waals surface area contributed by atoms with E-state index < -0.39 is 23.2 Å². The van der Waals surface area contributed by atoms with Crippen molar-refractivity contribution >= 4 is 0 Å². The van der Waals surface area contributed by atoms with Crippen LogP contribution in [0.3, 0.4) is 0 Å². The van der Waals surface area contributed by atoms with E-state index in [0.29, 0.717) is 0 Å². The number of allylic oxidation sites excluding steroid dienone is 4. The van der Waals surface area contributed by atoms with Crippen molar-refractivity contribution in [2.45, 2.75) is 13.3 Å². The first-order chi connectivity index (χ1) is 4.83. The third-order valence-corrected chi connectivity index (χ3v) is 6.45. The van der Waals surface area contributed by atoms with Crippen molar-refractivity contribution < 1.29 is 23.2 Å². The van der Waals surface area contributed by atoms with Gasteiger partial charge in [-0.2, -0.15) is 0 Å². The van der Waals surface area contributed by atoms with Crippen molar-refractivity contribution in [2.75, 3.05) is 13.6 Å². The predicted octanol–water partition coefficient (Wildman–Crippen LogP) is 1.78.